The molecular weight excluding hydrogens is 186 g/mol. The van der Waals surface area contributed by atoms with Crippen LogP contribution in [0.25, 0.3) is 0 Å². The van der Waals surface area contributed by atoms with Crippen LogP contribution in [0, 0.1) is 5.92 Å². The molecule has 1 saturated heterocycles. The van der Waals surface area contributed by atoms with Crippen LogP contribution in [0.3, 0.4) is 0 Å². The highest BCUT2D eigenvalue weighted by atomic mass is 16.3. The molecule has 1 aliphatic heterocycles. The van der Waals surface area contributed by atoms with E-state index in [-0.39, 0.29) is 6.10 Å². The Bertz CT molecular complexity index is 207. The molecule has 0 spiro atoms. The van der Waals surface area contributed by atoms with Gasteiger partial charge in [-0.2, -0.15) is 0 Å². The van der Waals surface area contributed by atoms with Gasteiger partial charge in [0.2, 0.25) is 0 Å². The second-order valence-corrected chi connectivity index (χ2v) is 5.35. The van der Waals surface area contributed by atoms with E-state index in [4.69, 9.17) is 0 Å². The maximum Gasteiger partial charge on any atom is 0.0690 e. The Balaban J connectivity index is 1.97. The molecule has 2 aliphatic rings. The molecule has 2 fully saturated rings. The molecule has 0 amide bonds. The van der Waals surface area contributed by atoms with Gasteiger partial charge in [-0.05, 0) is 45.1 Å². The van der Waals surface area contributed by atoms with Crippen molar-refractivity contribution >= 4 is 0 Å². The number of nitrogens with zero attached hydrogens (tertiary/aromatic N) is 1. The summed E-state index contributed by atoms with van der Waals surface area (Å²) >= 11 is 0. The third-order valence-electron chi connectivity index (χ3n) is 4.55. The standard InChI is InChI=1S/C13H25NO/c1-3-13(15)10(2)14-9-8-11-6-4-5-7-12(11)14/h10-13,15H,3-9H2,1-2H3. The molecule has 2 rings (SSSR count). The first-order valence-electron chi connectivity index (χ1n) is 6.67. The minimum Gasteiger partial charge on any atom is -0.392 e. The molecule has 1 aliphatic carbocycles. The quantitative estimate of drug-likeness (QED) is 0.775. The van der Waals surface area contributed by atoms with Crippen LogP contribution in [0.2, 0.25) is 0 Å². The lowest BCUT2D eigenvalue weighted by Crippen LogP contribution is -2.46. The van der Waals surface area contributed by atoms with Gasteiger partial charge in [-0.3, -0.25) is 4.90 Å². The molecule has 2 heteroatoms. The Morgan fingerprint density at radius 1 is 1.27 bits per heavy atom. The highest BCUT2D eigenvalue weighted by Crippen LogP contribution is 2.37. The lowest BCUT2D eigenvalue weighted by atomic mass is 9.85. The highest BCUT2D eigenvalue weighted by Gasteiger charge is 2.38. The van der Waals surface area contributed by atoms with Crippen LogP contribution < -0.4 is 0 Å². The Hall–Kier alpha value is -0.0800. The Morgan fingerprint density at radius 2 is 2.00 bits per heavy atom. The van der Waals surface area contributed by atoms with Crippen molar-refractivity contribution in [3.8, 4) is 0 Å². The van der Waals surface area contributed by atoms with Crippen molar-refractivity contribution in [1.82, 2.24) is 4.90 Å². The van der Waals surface area contributed by atoms with Crippen molar-refractivity contribution < 1.29 is 5.11 Å². The lowest BCUT2D eigenvalue weighted by Gasteiger charge is -2.37. The van der Waals surface area contributed by atoms with E-state index in [0.717, 1.165) is 18.4 Å². The van der Waals surface area contributed by atoms with Gasteiger partial charge < -0.3 is 5.11 Å². The fourth-order valence-electron chi connectivity index (χ4n) is 3.51. The number of likely N-dealkylation sites (tertiary alicyclic amines) is 1. The molecule has 0 radical (unpaired) electrons. The zero-order valence-corrected chi connectivity index (χ0v) is 10.2. The predicted molar refractivity (Wildman–Crippen MR) is 62.8 cm³/mol. The van der Waals surface area contributed by atoms with Gasteiger partial charge >= 0.3 is 0 Å². The molecule has 4 unspecified atom stereocenters. The van der Waals surface area contributed by atoms with E-state index >= 15 is 0 Å². The van der Waals surface area contributed by atoms with Crippen LogP contribution in [-0.4, -0.2) is 34.7 Å². The molecular formula is C13H25NO. The van der Waals surface area contributed by atoms with E-state index in [1.165, 1.54) is 38.6 Å². The minimum absolute atomic E-state index is 0.134. The Morgan fingerprint density at radius 3 is 2.73 bits per heavy atom. The third kappa shape index (κ3) is 2.21. The van der Waals surface area contributed by atoms with Crippen LogP contribution >= 0.6 is 0 Å². The van der Waals surface area contributed by atoms with E-state index in [2.05, 4.69) is 18.7 Å². The minimum atomic E-state index is -0.134. The van der Waals surface area contributed by atoms with Gasteiger partial charge in [0.05, 0.1) is 6.10 Å². The number of rotatable bonds is 3. The molecule has 15 heavy (non-hydrogen) atoms. The van der Waals surface area contributed by atoms with Gasteiger partial charge in [0.1, 0.15) is 0 Å². The van der Waals surface area contributed by atoms with Crippen molar-refractivity contribution in [3.05, 3.63) is 0 Å². The first-order chi connectivity index (χ1) is 7.24. The number of aliphatic hydroxyl groups excluding tert-OH is 1. The number of hydrogen-bond donors (Lipinski definition) is 1. The van der Waals surface area contributed by atoms with E-state index in [1.807, 2.05) is 0 Å². The molecule has 88 valence electrons. The second kappa shape index (κ2) is 4.84. The summed E-state index contributed by atoms with van der Waals surface area (Å²) in [4.78, 5) is 2.58. The first kappa shape index (κ1) is 11.4. The smallest absolute Gasteiger partial charge is 0.0690 e. The SMILES string of the molecule is CCC(O)C(C)N1CCC2CCCCC21. The summed E-state index contributed by atoms with van der Waals surface area (Å²) in [7, 11) is 0. The zero-order chi connectivity index (χ0) is 10.8. The molecule has 0 bridgehead atoms. The monoisotopic (exact) mass is 211 g/mol. The summed E-state index contributed by atoms with van der Waals surface area (Å²) in [5.74, 6) is 0.935. The Labute approximate surface area is 93.7 Å². The lowest BCUT2D eigenvalue weighted by molar-refractivity contribution is 0.0359. The van der Waals surface area contributed by atoms with Crippen molar-refractivity contribution in [1.29, 1.82) is 0 Å². The molecule has 1 heterocycles. The first-order valence-corrected chi connectivity index (χ1v) is 6.67. The summed E-state index contributed by atoms with van der Waals surface area (Å²) in [6.45, 7) is 5.49. The van der Waals surface area contributed by atoms with Crippen LogP contribution in [0.4, 0.5) is 0 Å². The topological polar surface area (TPSA) is 23.5 Å². The van der Waals surface area contributed by atoms with E-state index in [9.17, 15) is 5.11 Å². The number of hydrogen-bond acceptors (Lipinski definition) is 2. The molecule has 2 nitrogen and oxygen atoms in total. The van der Waals surface area contributed by atoms with Gasteiger partial charge in [-0.25, -0.2) is 0 Å². The van der Waals surface area contributed by atoms with E-state index < -0.39 is 0 Å². The summed E-state index contributed by atoms with van der Waals surface area (Å²) in [5, 5.41) is 9.94. The largest absolute Gasteiger partial charge is 0.392 e. The van der Waals surface area contributed by atoms with E-state index in [0.29, 0.717) is 6.04 Å². The second-order valence-electron chi connectivity index (χ2n) is 5.35. The zero-order valence-electron chi connectivity index (χ0n) is 10.2. The fourth-order valence-corrected chi connectivity index (χ4v) is 3.51. The normalized spacial score (nSPS) is 36.2. The molecule has 0 aromatic carbocycles. The molecule has 0 aromatic heterocycles. The summed E-state index contributed by atoms with van der Waals surface area (Å²) in [6, 6.07) is 1.15. The van der Waals surface area contributed by atoms with Crippen LogP contribution in [0.5, 0.6) is 0 Å². The molecule has 1 saturated carbocycles. The number of aliphatic hydroxyl groups is 1. The predicted octanol–water partition coefficient (Wildman–Crippen LogP) is 2.41. The van der Waals surface area contributed by atoms with Gasteiger partial charge in [0, 0.05) is 12.1 Å². The van der Waals surface area contributed by atoms with Crippen LogP contribution in [0.15, 0.2) is 0 Å². The average molecular weight is 211 g/mol. The number of fused-ring (bicyclic) bond motifs is 1. The Kier molecular flexibility index (Phi) is 3.68. The summed E-state index contributed by atoms with van der Waals surface area (Å²) < 4.78 is 0. The van der Waals surface area contributed by atoms with Crippen molar-refractivity contribution in [2.24, 2.45) is 5.92 Å². The average Bonchev–Trinajstić information content (AvgIpc) is 2.70. The highest BCUT2D eigenvalue weighted by molar-refractivity contribution is 4.93. The molecule has 1 N–H and O–H groups in total. The summed E-state index contributed by atoms with van der Waals surface area (Å²) in [5.41, 5.74) is 0. The summed E-state index contributed by atoms with van der Waals surface area (Å²) in [6.07, 6.45) is 7.74. The van der Waals surface area contributed by atoms with Crippen molar-refractivity contribution in [2.45, 2.75) is 70.6 Å². The molecule has 4 atom stereocenters. The maximum atomic E-state index is 9.94. The third-order valence-corrected chi connectivity index (χ3v) is 4.55. The molecule has 0 aromatic rings. The van der Waals surface area contributed by atoms with Crippen molar-refractivity contribution in [2.75, 3.05) is 6.54 Å². The van der Waals surface area contributed by atoms with Gasteiger partial charge in [-0.1, -0.05) is 19.8 Å². The van der Waals surface area contributed by atoms with E-state index in [1.54, 1.807) is 0 Å². The van der Waals surface area contributed by atoms with Gasteiger partial charge in [-0.15, -0.1) is 0 Å². The maximum absolute atomic E-state index is 9.94. The van der Waals surface area contributed by atoms with Crippen molar-refractivity contribution in [3.63, 3.8) is 0 Å². The van der Waals surface area contributed by atoms with Crippen LogP contribution in [-0.2, 0) is 0 Å². The fraction of sp³-hybridized carbons (Fsp3) is 1.00. The van der Waals surface area contributed by atoms with Gasteiger partial charge in [0.15, 0.2) is 0 Å². The van der Waals surface area contributed by atoms with Crippen LogP contribution in [0.1, 0.15) is 52.4 Å². The van der Waals surface area contributed by atoms with Gasteiger partial charge in [0.25, 0.3) is 0 Å².